The van der Waals surface area contributed by atoms with E-state index in [0.29, 0.717) is 4.88 Å². The summed E-state index contributed by atoms with van der Waals surface area (Å²) >= 11 is 4.92. The molecule has 1 heterocycles. The van der Waals surface area contributed by atoms with Crippen molar-refractivity contribution in [1.82, 2.24) is 5.32 Å². The molecular formula is C11H10BrNO2S. The van der Waals surface area contributed by atoms with Gasteiger partial charge in [-0.1, -0.05) is 18.2 Å². The van der Waals surface area contributed by atoms with Crippen molar-refractivity contribution in [2.75, 3.05) is 13.8 Å². The third-order valence-corrected chi connectivity index (χ3v) is 4.37. The van der Waals surface area contributed by atoms with E-state index in [1.165, 1.54) is 11.3 Å². The van der Waals surface area contributed by atoms with E-state index < -0.39 is 0 Å². The molecule has 1 amide bonds. The largest absolute Gasteiger partial charge is 0.364 e. The predicted octanol–water partition coefficient (Wildman–Crippen LogP) is 3.00. The summed E-state index contributed by atoms with van der Waals surface area (Å²) in [5.74, 6) is -0.116. The molecule has 84 valence electrons. The first-order chi connectivity index (χ1) is 7.74. The monoisotopic (exact) mass is 299 g/mol. The van der Waals surface area contributed by atoms with Crippen molar-refractivity contribution in [1.29, 1.82) is 0 Å². The molecule has 3 nitrogen and oxygen atoms in total. The average molecular weight is 300 g/mol. The maximum absolute atomic E-state index is 11.8. The number of thiophene rings is 1. The van der Waals surface area contributed by atoms with E-state index in [4.69, 9.17) is 4.74 Å². The zero-order valence-electron chi connectivity index (χ0n) is 8.62. The molecule has 0 aliphatic carbocycles. The van der Waals surface area contributed by atoms with Crippen LogP contribution in [-0.2, 0) is 4.74 Å². The Morgan fingerprint density at radius 2 is 2.25 bits per heavy atom. The molecular weight excluding hydrogens is 290 g/mol. The van der Waals surface area contributed by atoms with E-state index >= 15 is 0 Å². The molecule has 1 N–H and O–H groups in total. The third-order valence-electron chi connectivity index (χ3n) is 2.12. The molecule has 0 aliphatic rings. The Morgan fingerprint density at radius 1 is 1.50 bits per heavy atom. The Morgan fingerprint density at radius 3 is 2.94 bits per heavy atom. The van der Waals surface area contributed by atoms with E-state index in [0.717, 1.165) is 14.6 Å². The maximum atomic E-state index is 11.8. The Labute approximate surface area is 106 Å². The van der Waals surface area contributed by atoms with Gasteiger partial charge in [0.15, 0.2) is 0 Å². The summed E-state index contributed by atoms with van der Waals surface area (Å²) in [6, 6.07) is 7.90. The molecule has 0 saturated heterocycles. The van der Waals surface area contributed by atoms with Crippen molar-refractivity contribution >= 4 is 43.3 Å². The van der Waals surface area contributed by atoms with Crippen molar-refractivity contribution < 1.29 is 9.53 Å². The fourth-order valence-corrected chi connectivity index (χ4v) is 3.29. The normalized spacial score (nSPS) is 10.6. The van der Waals surface area contributed by atoms with Crippen molar-refractivity contribution in [3.8, 4) is 0 Å². The van der Waals surface area contributed by atoms with E-state index in [9.17, 15) is 4.79 Å². The molecule has 0 unspecified atom stereocenters. The molecule has 0 spiro atoms. The molecule has 0 saturated carbocycles. The summed E-state index contributed by atoms with van der Waals surface area (Å²) in [4.78, 5) is 12.5. The minimum absolute atomic E-state index is 0.116. The van der Waals surface area contributed by atoms with Crippen molar-refractivity contribution in [2.45, 2.75) is 0 Å². The number of rotatable bonds is 3. The lowest BCUT2D eigenvalue weighted by molar-refractivity contribution is 0.0876. The fraction of sp³-hybridized carbons (Fsp3) is 0.182. The van der Waals surface area contributed by atoms with Gasteiger partial charge < -0.3 is 10.1 Å². The quantitative estimate of drug-likeness (QED) is 0.885. The Kier molecular flexibility index (Phi) is 3.58. The number of hydrogen-bond donors (Lipinski definition) is 1. The summed E-state index contributed by atoms with van der Waals surface area (Å²) in [5.41, 5.74) is 0. The molecule has 16 heavy (non-hydrogen) atoms. The van der Waals surface area contributed by atoms with Crippen molar-refractivity contribution in [3.05, 3.63) is 33.6 Å². The molecule has 0 fully saturated rings. The van der Waals surface area contributed by atoms with Gasteiger partial charge in [-0.25, -0.2) is 0 Å². The number of ether oxygens (including phenoxy) is 1. The molecule has 0 aliphatic heterocycles. The first kappa shape index (κ1) is 11.6. The lowest BCUT2D eigenvalue weighted by Crippen LogP contribution is -2.24. The number of carbonyl (C=O) groups is 1. The number of hydrogen-bond acceptors (Lipinski definition) is 3. The van der Waals surface area contributed by atoms with Crippen LogP contribution in [0.4, 0.5) is 0 Å². The Bertz CT molecular complexity index is 524. The number of benzene rings is 1. The fourth-order valence-electron chi connectivity index (χ4n) is 1.38. The lowest BCUT2D eigenvalue weighted by Gasteiger charge is -2.01. The van der Waals surface area contributed by atoms with Crippen molar-refractivity contribution in [2.24, 2.45) is 0 Å². The topological polar surface area (TPSA) is 38.3 Å². The highest BCUT2D eigenvalue weighted by molar-refractivity contribution is 9.10. The number of halogens is 1. The predicted molar refractivity (Wildman–Crippen MR) is 68.9 cm³/mol. The summed E-state index contributed by atoms with van der Waals surface area (Å²) < 4.78 is 6.75. The summed E-state index contributed by atoms with van der Waals surface area (Å²) in [6.45, 7) is 0.222. The van der Waals surface area contributed by atoms with E-state index in [-0.39, 0.29) is 12.6 Å². The van der Waals surface area contributed by atoms with E-state index in [2.05, 4.69) is 21.2 Å². The number of carbonyl (C=O) groups excluding carboxylic acids is 1. The number of amides is 1. The van der Waals surface area contributed by atoms with Gasteiger partial charge in [-0.05, 0) is 22.0 Å². The maximum Gasteiger partial charge on any atom is 0.264 e. The summed E-state index contributed by atoms with van der Waals surface area (Å²) in [5, 5.41) is 3.73. The molecule has 2 rings (SSSR count). The van der Waals surface area contributed by atoms with Gasteiger partial charge in [-0.3, -0.25) is 4.79 Å². The number of fused-ring (bicyclic) bond motifs is 1. The molecule has 2 aromatic rings. The van der Waals surface area contributed by atoms with Crippen LogP contribution in [0.2, 0.25) is 0 Å². The number of methoxy groups -OCH3 is 1. The first-order valence-electron chi connectivity index (χ1n) is 4.68. The minimum atomic E-state index is -0.116. The van der Waals surface area contributed by atoms with Gasteiger partial charge in [0.05, 0.1) is 0 Å². The highest BCUT2D eigenvalue weighted by Gasteiger charge is 2.15. The molecule has 0 bridgehead atoms. The van der Waals surface area contributed by atoms with Crippen LogP contribution in [0, 0.1) is 0 Å². The van der Waals surface area contributed by atoms with E-state index in [1.54, 1.807) is 7.11 Å². The van der Waals surface area contributed by atoms with Gasteiger partial charge >= 0.3 is 0 Å². The molecule has 0 radical (unpaired) electrons. The molecule has 1 aromatic heterocycles. The number of nitrogens with one attached hydrogen (secondary N) is 1. The van der Waals surface area contributed by atoms with Gasteiger partial charge in [0.1, 0.15) is 11.6 Å². The van der Waals surface area contributed by atoms with Crippen LogP contribution >= 0.6 is 27.3 Å². The van der Waals surface area contributed by atoms with Crippen LogP contribution in [0.15, 0.2) is 28.7 Å². The molecule has 0 atom stereocenters. The van der Waals surface area contributed by atoms with Crippen LogP contribution in [-0.4, -0.2) is 19.7 Å². The minimum Gasteiger partial charge on any atom is -0.364 e. The second-order valence-electron chi connectivity index (χ2n) is 3.18. The zero-order valence-corrected chi connectivity index (χ0v) is 11.0. The zero-order chi connectivity index (χ0) is 11.5. The summed E-state index contributed by atoms with van der Waals surface area (Å²) in [6.07, 6.45) is 0. The Balaban J connectivity index is 2.37. The molecule has 1 aromatic carbocycles. The van der Waals surface area contributed by atoms with Gasteiger partial charge in [0.25, 0.3) is 5.91 Å². The second-order valence-corrected chi connectivity index (χ2v) is 5.03. The van der Waals surface area contributed by atoms with Crippen molar-refractivity contribution in [3.63, 3.8) is 0 Å². The van der Waals surface area contributed by atoms with Gasteiger partial charge in [-0.15, -0.1) is 11.3 Å². The van der Waals surface area contributed by atoms with Gasteiger partial charge in [0, 0.05) is 21.7 Å². The SMILES string of the molecule is COCNC(=O)c1sc2ccccc2c1Br. The van der Waals surface area contributed by atoms with Crippen LogP contribution < -0.4 is 5.32 Å². The van der Waals surface area contributed by atoms with E-state index in [1.807, 2.05) is 24.3 Å². The smallest absolute Gasteiger partial charge is 0.264 e. The highest BCUT2D eigenvalue weighted by atomic mass is 79.9. The van der Waals surface area contributed by atoms with Gasteiger partial charge in [0.2, 0.25) is 0 Å². The van der Waals surface area contributed by atoms with Crippen LogP contribution in [0.3, 0.4) is 0 Å². The average Bonchev–Trinajstić information content (AvgIpc) is 2.64. The lowest BCUT2D eigenvalue weighted by atomic mass is 10.2. The first-order valence-corrected chi connectivity index (χ1v) is 6.29. The molecule has 5 heteroatoms. The summed E-state index contributed by atoms with van der Waals surface area (Å²) in [7, 11) is 1.54. The second kappa shape index (κ2) is 4.95. The van der Waals surface area contributed by atoms with Crippen LogP contribution in [0.1, 0.15) is 9.67 Å². The Hall–Kier alpha value is -0.910. The van der Waals surface area contributed by atoms with Crippen LogP contribution in [0.5, 0.6) is 0 Å². The standard InChI is InChI=1S/C11H10BrNO2S/c1-15-6-13-11(14)10-9(12)7-4-2-3-5-8(7)16-10/h2-5H,6H2,1H3,(H,13,14). The van der Waals surface area contributed by atoms with Crippen LogP contribution in [0.25, 0.3) is 10.1 Å². The third kappa shape index (κ3) is 2.11. The van der Waals surface area contributed by atoms with Gasteiger partial charge in [-0.2, -0.15) is 0 Å². The highest BCUT2D eigenvalue weighted by Crippen LogP contribution is 2.35.